The second kappa shape index (κ2) is 8.79. The van der Waals surface area contributed by atoms with Gasteiger partial charge in [0.2, 0.25) is 0 Å². The maximum atomic E-state index is 14.5. The summed E-state index contributed by atoms with van der Waals surface area (Å²) in [4.78, 5) is 13.5. The van der Waals surface area contributed by atoms with Gasteiger partial charge in [-0.15, -0.1) is 0 Å². The molecule has 2 heterocycles. The molecule has 5 nitrogen and oxygen atoms in total. The Labute approximate surface area is 180 Å². The summed E-state index contributed by atoms with van der Waals surface area (Å²) < 4.78 is 20.1. The predicted molar refractivity (Wildman–Crippen MR) is 117 cm³/mol. The molecule has 1 aliphatic carbocycles. The van der Waals surface area contributed by atoms with Gasteiger partial charge < -0.3 is 10.1 Å². The smallest absolute Gasteiger partial charge is 0.164 e. The van der Waals surface area contributed by atoms with Gasteiger partial charge in [0.25, 0.3) is 0 Å². The van der Waals surface area contributed by atoms with Crippen molar-refractivity contribution in [2.75, 3.05) is 11.9 Å². The average molecular weight is 425 g/mol. The van der Waals surface area contributed by atoms with E-state index in [-0.39, 0.29) is 5.56 Å². The first-order chi connectivity index (χ1) is 14.6. The molecule has 0 saturated heterocycles. The number of nitrogens with one attached hydrogen (secondary N) is 1. The molecule has 0 aliphatic heterocycles. The van der Waals surface area contributed by atoms with Gasteiger partial charge in [-0.3, -0.25) is 4.98 Å². The highest BCUT2D eigenvalue weighted by Gasteiger charge is 2.21. The van der Waals surface area contributed by atoms with Crippen LogP contribution in [0.2, 0.25) is 5.02 Å². The van der Waals surface area contributed by atoms with E-state index in [0.29, 0.717) is 29.0 Å². The minimum absolute atomic E-state index is 0.285. The second-order valence-electron chi connectivity index (χ2n) is 7.05. The van der Waals surface area contributed by atoms with Crippen LogP contribution in [-0.2, 0) is 17.6 Å². The fourth-order valence-corrected chi connectivity index (χ4v) is 3.76. The summed E-state index contributed by atoms with van der Waals surface area (Å²) in [6.07, 6.45) is 7.19. The molecule has 0 unspecified atom stereocenters. The topological polar surface area (TPSA) is 59.9 Å². The third-order valence-corrected chi connectivity index (χ3v) is 5.28. The van der Waals surface area contributed by atoms with Gasteiger partial charge >= 0.3 is 0 Å². The average Bonchev–Trinajstić information content (AvgIpc) is 2.76. The maximum Gasteiger partial charge on any atom is 0.164 e. The number of hydrogen-bond donors (Lipinski definition) is 1. The molecule has 0 fully saturated rings. The molecule has 3 aromatic rings. The Kier molecular flexibility index (Phi) is 5.95. The molecule has 0 spiro atoms. The van der Waals surface area contributed by atoms with E-state index in [0.717, 1.165) is 48.2 Å². The summed E-state index contributed by atoms with van der Waals surface area (Å²) in [5.41, 5.74) is 3.79. The van der Waals surface area contributed by atoms with Crippen LogP contribution in [-0.4, -0.2) is 21.6 Å². The molecule has 30 heavy (non-hydrogen) atoms. The minimum atomic E-state index is -0.407. The molecule has 0 saturated carbocycles. The van der Waals surface area contributed by atoms with Crippen LogP contribution in [0.5, 0.6) is 0 Å². The van der Waals surface area contributed by atoms with Crippen molar-refractivity contribution in [3.8, 4) is 11.4 Å². The Bertz CT molecular complexity index is 1100. The normalized spacial score (nSPS) is 12.9. The van der Waals surface area contributed by atoms with Gasteiger partial charge in [-0.25, -0.2) is 14.4 Å². The number of pyridine rings is 1. The molecule has 1 N–H and O–H groups in total. The van der Waals surface area contributed by atoms with Crippen LogP contribution in [0, 0.1) is 5.82 Å². The first-order valence-corrected chi connectivity index (χ1v) is 10.3. The third kappa shape index (κ3) is 4.14. The number of ether oxygens (including phenoxy) is 1. The number of halogens is 2. The van der Waals surface area contributed by atoms with Crippen LogP contribution in [0.15, 0.2) is 43.2 Å². The van der Waals surface area contributed by atoms with Crippen LogP contribution in [0.1, 0.15) is 36.6 Å². The number of anilines is 2. The zero-order chi connectivity index (χ0) is 21.1. The SMILES string of the molecule is C=C(OCC)c1cnccc1Nc1nc(-c2cc(Cl)ccc2F)nc2c1CCCC2. The summed E-state index contributed by atoms with van der Waals surface area (Å²) in [6, 6.07) is 6.25. The molecule has 0 bridgehead atoms. The molecule has 2 aromatic heterocycles. The van der Waals surface area contributed by atoms with Gasteiger partial charge in [-0.2, -0.15) is 0 Å². The molecule has 7 heteroatoms. The largest absolute Gasteiger partial charge is 0.494 e. The van der Waals surface area contributed by atoms with E-state index in [1.165, 1.54) is 12.1 Å². The Morgan fingerprint density at radius 1 is 1.23 bits per heavy atom. The summed E-state index contributed by atoms with van der Waals surface area (Å²) >= 11 is 6.10. The summed E-state index contributed by atoms with van der Waals surface area (Å²) in [6.45, 7) is 6.40. The quantitative estimate of drug-likeness (QED) is 0.494. The Morgan fingerprint density at radius 3 is 2.90 bits per heavy atom. The molecular formula is C23H22ClFN4O. The van der Waals surface area contributed by atoms with E-state index in [1.807, 2.05) is 13.0 Å². The summed E-state index contributed by atoms with van der Waals surface area (Å²) in [5, 5.41) is 3.83. The fourth-order valence-electron chi connectivity index (χ4n) is 3.59. The van der Waals surface area contributed by atoms with E-state index in [2.05, 4.69) is 26.8 Å². The highest BCUT2D eigenvalue weighted by Crippen LogP contribution is 2.33. The lowest BCUT2D eigenvalue weighted by atomic mass is 9.96. The van der Waals surface area contributed by atoms with E-state index in [4.69, 9.17) is 16.3 Å². The van der Waals surface area contributed by atoms with Crippen molar-refractivity contribution in [3.63, 3.8) is 0 Å². The highest BCUT2D eigenvalue weighted by molar-refractivity contribution is 6.30. The van der Waals surface area contributed by atoms with E-state index >= 15 is 0 Å². The molecule has 0 radical (unpaired) electrons. The van der Waals surface area contributed by atoms with E-state index < -0.39 is 5.82 Å². The van der Waals surface area contributed by atoms with Gasteiger partial charge in [0, 0.05) is 28.7 Å². The maximum absolute atomic E-state index is 14.5. The summed E-state index contributed by atoms with van der Waals surface area (Å²) in [5.74, 6) is 1.09. The number of nitrogens with zero attached hydrogens (tertiary/aromatic N) is 3. The van der Waals surface area contributed by atoms with Crippen molar-refractivity contribution >= 4 is 28.9 Å². The van der Waals surface area contributed by atoms with Crippen molar-refractivity contribution in [2.45, 2.75) is 32.6 Å². The molecule has 4 rings (SSSR count). The van der Waals surface area contributed by atoms with Crippen molar-refractivity contribution in [2.24, 2.45) is 0 Å². The van der Waals surface area contributed by atoms with Crippen molar-refractivity contribution in [3.05, 3.63) is 70.9 Å². The number of hydrogen-bond acceptors (Lipinski definition) is 5. The number of rotatable bonds is 6. The number of aromatic nitrogens is 3. The second-order valence-corrected chi connectivity index (χ2v) is 7.49. The molecule has 0 amide bonds. The van der Waals surface area contributed by atoms with Gasteiger partial charge in [0.05, 0.1) is 23.4 Å². The minimum Gasteiger partial charge on any atom is -0.494 e. The molecule has 1 aromatic carbocycles. The number of benzene rings is 1. The van der Waals surface area contributed by atoms with Crippen molar-refractivity contribution < 1.29 is 9.13 Å². The Balaban J connectivity index is 1.81. The predicted octanol–water partition coefficient (Wildman–Crippen LogP) is 5.96. The van der Waals surface area contributed by atoms with Crippen LogP contribution in [0.25, 0.3) is 17.1 Å². The van der Waals surface area contributed by atoms with Crippen LogP contribution in [0.4, 0.5) is 15.9 Å². The monoisotopic (exact) mass is 424 g/mol. The van der Waals surface area contributed by atoms with Gasteiger partial charge in [0.15, 0.2) is 5.82 Å². The highest BCUT2D eigenvalue weighted by atomic mass is 35.5. The number of aryl methyl sites for hydroxylation is 1. The Morgan fingerprint density at radius 2 is 2.07 bits per heavy atom. The molecular weight excluding hydrogens is 403 g/mol. The molecule has 154 valence electrons. The first-order valence-electron chi connectivity index (χ1n) is 9.95. The molecule has 0 atom stereocenters. The fraction of sp³-hybridized carbons (Fsp3) is 0.261. The third-order valence-electron chi connectivity index (χ3n) is 5.05. The van der Waals surface area contributed by atoms with E-state index in [1.54, 1.807) is 18.5 Å². The van der Waals surface area contributed by atoms with Gasteiger partial charge in [-0.1, -0.05) is 18.2 Å². The van der Waals surface area contributed by atoms with Gasteiger partial charge in [-0.05, 0) is 56.9 Å². The van der Waals surface area contributed by atoms with Crippen LogP contribution < -0.4 is 5.32 Å². The van der Waals surface area contributed by atoms with E-state index in [9.17, 15) is 4.39 Å². The lowest BCUT2D eigenvalue weighted by Crippen LogP contribution is -2.13. The number of fused-ring (bicyclic) bond motifs is 1. The van der Waals surface area contributed by atoms with Crippen molar-refractivity contribution in [1.82, 2.24) is 15.0 Å². The first kappa shape index (κ1) is 20.3. The molecule has 1 aliphatic rings. The van der Waals surface area contributed by atoms with Crippen LogP contribution in [0.3, 0.4) is 0 Å². The van der Waals surface area contributed by atoms with Crippen molar-refractivity contribution in [1.29, 1.82) is 0 Å². The van der Waals surface area contributed by atoms with Gasteiger partial charge in [0.1, 0.15) is 17.4 Å². The lowest BCUT2D eigenvalue weighted by molar-refractivity contribution is 0.299. The zero-order valence-corrected chi connectivity index (χ0v) is 17.5. The lowest BCUT2D eigenvalue weighted by Gasteiger charge is -2.21. The van der Waals surface area contributed by atoms with Crippen LogP contribution >= 0.6 is 11.6 Å². The summed E-state index contributed by atoms with van der Waals surface area (Å²) in [7, 11) is 0. The standard InChI is InChI=1S/C23H22ClFN4O/c1-3-30-14(2)18-13-26-11-10-21(18)28-22-16-6-4-5-7-20(16)27-23(29-22)17-12-15(24)8-9-19(17)25/h8-13H,2-7H2,1H3,(H,26,27,28,29). The Hall–Kier alpha value is -2.99. The zero-order valence-electron chi connectivity index (χ0n) is 16.7.